The quantitative estimate of drug-likeness (QED) is 0.362. The third-order valence-corrected chi connectivity index (χ3v) is 3.52. The van der Waals surface area contributed by atoms with Crippen molar-refractivity contribution >= 4 is 29.1 Å². The number of nitrogens with one attached hydrogen (secondary N) is 1. The fraction of sp³-hybridized carbons (Fsp3) is 0.417. The third-order valence-electron chi connectivity index (χ3n) is 2.45. The van der Waals surface area contributed by atoms with Crippen molar-refractivity contribution in [2.75, 3.05) is 30.0 Å². The molecule has 0 bridgehead atoms. The molecule has 20 heavy (non-hydrogen) atoms. The Morgan fingerprint density at radius 2 is 2.15 bits per heavy atom. The van der Waals surface area contributed by atoms with Gasteiger partial charge >= 0.3 is 5.97 Å². The van der Waals surface area contributed by atoms with Gasteiger partial charge in [-0.2, -0.15) is 11.8 Å². The van der Waals surface area contributed by atoms with Crippen LogP contribution in [0.3, 0.4) is 0 Å². The molecule has 1 aromatic rings. The van der Waals surface area contributed by atoms with E-state index >= 15 is 0 Å². The average molecular weight is 300 g/mol. The maximum atomic E-state index is 11.0. The van der Waals surface area contributed by atoms with E-state index in [9.17, 15) is 14.9 Å². The first-order valence-corrected chi connectivity index (χ1v) is 7.16. The van der Waals surface area contributed by atoms with Crippen LogP contribution in [0, 0.1) is 10.1 Å². The number of hydrogen-bond acceptors (Lipinski definition) is 6. The van der Waals surface area contributed by atoms with E-state index in [2.05, 4.69) is 5.32 Å². The van der Waals surface area contributed by atoms with Crippen molar-refractivity contribution < 1.29 is 19.9 Å². The highest BCUT2D eigenvalue weighted by Crippen LogP contribution is 2.22. The summed E-state index contributed by atoms with van der Waals surface area (Å²) in [6.07, 6.45) is 0.710. The molecule has 1 aromatic carbocycles. The molecule has 0 aliphatic heterocycles. The molecule has 1 rings (SSSR count). The first kappa shape index (κ1) is 16.3. The van der Waals surface area contributed by atoms with E-state index in [0.717, 1.165) is 11.5 Å². The molecule has 0 unspecified atom stereocenters. The van der Waals surface area contributed by atoms with Crippen molar-refractivity contribution in [3.63, 3.8) is 0 Å². The van der Waals surface area contributed by atoms with Crippen LogP contribution in [0.1, 0.15) is 16.8 Å². The zero-order chi connectivity index (χ0) is 15.0. The minimum Gasteiger partial charge on any atom is -0.478 e. The lowest BCUT2D eigenvalue weighted by Gasteiger charge is -2.09. The van der Waals surface area contributed by atoms with Crippen molar-refractivity contribution in [3.05, 3.63) is 33.9 Å². The Labute approximate surface area is 120 Å². The van der Waals surface area contributed by atoms with Crippen molar-refractivity contribution in [2.45, 2.75) is 6.42 Å². The van der Waals surface area contributed by atoms with Crippen LogP contribution in [-0.2, 0) is 0 Å². The summed E-state index contributed by atoms with van der Waals surface area (Å²) in [4.78, 5) is 21.2. The van der Waals surface area contributed by atoms with E-state index in [1.807, 2.05) is 0 Å². The number of nitro groups is 1. The zero-order valence-corrected chi connectivity index (χ0v) is 11.6. The highest BCUT2D eigenvalue weighted by Gasteiger charge is 2.14. The number of carbonyl (C=O) groups is 1. The van der Waals surface area contributed by atoms with Crippen molar-refractivity contribution in [1.29, 1.82) is 0 Å². The third kappa shape index (κ3) is 5.06. The van der Waals surface area contributed by atoms with E-state index in [4.69, 9.17) is 10.2 Å². The number of non-ortho nitro benzene ring substituents is 1. The van der Waals surface area contributed by atoms with Crippen LogP contribution >= 0.6 is 11.8 Å². The maximum Gasteiger partial charge on any atom is 0.337 e. The number of nitrogens with zero attached hydrogens (tertiary/aromatic N) is 1. The van der Waals surface area contributed by atoms with Crippen molar-refractivity contribution in [2.24, 2.45) is 0 Å². The number of aliphatic hydroxyl groups excluding tert-OH is 1. The highest BCUT2D eigenvalue weighted by molar-refractivity contribution is 7.99. The maximum absolute atomic E-state index is 11.0. The van der Waals surface area contributed by atoms with Crippen LogP contribution in [0.2, 0.25) is 0 Å². The normalized spacial score (nSPS) is 10.2. The van der Waals surface area contributed by atoms with E-state index in [1.165, 1.54) is 18.2 Å². The highest BCUT2D eigenvalue weighted by atomic mass is 32.2. The van der Waals surface area contributed by atoms with Crippen LogP contribution in [0.15, 0.2) is 18.2 Å². The van der Waals surface area contributed by atoms with Gasteiger partial charge in [-0.15, -0.1) is 0 Å². The molecule has 7 nitrogen and oxygen atoms in total. The van der Waals surface area contributed by atoms with Gasteiger partial charge in [-0.1, -0.05) is 0 Å². The molecule has 0 aliphatic rings. The summed E-state index contributed by atoms with van der Waals surface area (Å²) >= 11 is 1.62. The molecule has 0 spiro atoms. The van der Waals surface area contributed by atoms with Crippen molar-refractivity contribution in [1.82, 2.24) is 0 Å². The Kier molecular flexibility index (Phi) is 6.82. The van der Waals surface area contributed by atoms with Gasteiger partial charge in [-0.3, -0.25) is 10.1 Å². The largest absolute Gasteiger partial charge is 0.478 e. The minimum absolute atomic E-state index is 0.0101. The molecule has 0 saturated carbocycles. The summed E-state index contributed by atoms with van der Waals surface area (Å²) in [6.45, 7) is 0.645. The number of thioether (sulfide) groups is 1. The predicted octanol–water partition coefficient (Wildman–Crippen LogP) is 1.82. The second-order valence-electron chi connectivity index (χ2n) is 3.91. The van der Waals surface area contributed by atoms with Crippen LogP contribution < -0.4 is 5.32 Å². The van der Waals surface area contributed by atoms with Gasteiger partial charge in [0.05, 0.1) is 16.2 Å². The Hall–Kier alpha value is -1.80. The monoisotopic (exact) mass is 300 g/mol. The Morgan fingerprint density at radius 3 is 2.75 bits per heavy atom. The summed E-state index contributed by atoms with van der Waals surface area (Å²) in [5, 5.41) is 31.2. The molecule has 0 amide bonds. The summed E-state index contributed by atoms with van der Waals surface area (Å²) in [5.41, 5.74) is 0.107. The first-order valence-electron chi connectivity index (χ1n) is 6.00. The second kappa shape index (κ2) is 8.39. The summed E-state index contributed by atoms with van der Waals surface area (Å²) in [5.74, 6) is 0.413. The fourth-order valence-corrected chi connectivity index (χ4v) is 2.29. The number of hydrogen-bond donors (Lipinski definition) is 3. The van der Waals surface area contributed by atoms with Crippen LogP contribution in [-0.4, -0.2) is 45.8 Å². The molecule has 3 N–H and O–H groups in total. The number of aliphatic hydroxyl groups is 1. The van der Waals surface area contributed by atoms with E-state index in [0.29, 0.717) is 13.0 Å². The standard InChI is InChI=1S/C12H16N2O5S/c15-5-1-6-20-7-4-13-11-8-9(14(18)19)2-3-10(11)12(16)17/h2-3,8,13,15H,1,4-7H2,(H,16,17). The molecular formula is C12H16N2O5S. The molecule has 0 aliphatic carbocycles. The lowest BCUT2D eigenvalue weighted by molar-refractivity contribution is -0.384. The van der Waals surface area contributed by atoms with E-state index in [-0.39, 0.29) is 23.5 Å². The minimum atomic E-state index is -1.13. The molecule has 0 radical (unpaired) electrons. The Bertz CT molecular complexity index is 481. The zero-order valence-electron chi connectivity index (χ0n) is 10.7. The van der Waals surface area contributed by atoms with Gasteiger partial charge < -0.3 is 15.5 Å². The number of carboxylic acids is 1. The van der Waals surface area contributed by atoms with Crippen molar-refractivity contribution in [3.8, 4) is 0 Å². The number of aromatic carboxylic acids is 1. The van der Waals surface area contributed by atoms with E-state index < -0.39 is 10.9 Å². The molecule has 0 saturated heterocycles. The SMILES string of the molecule is O=C(O)c1ccc([N+](=O)[O-])cc1NCCSCCCO. The predicted molar refractivity (Wildman–Crippen MR) is 77.6 cm³/mol. The van der Waals surface area contributed by atoms with Crippen LogP contribution in [0.5, 0.6) is 0 Å². The molecular weight excluding hydrogens is 284 g/mol. The van der Waals surface area contributed by atoms with Crippen LogP contribution in [0.4, 0.5) is 11.4 Å². The van der Waals surface area contributed by atoms with Gasteiger partial charge in [0.1, 0.15) is 0 Å². The lowest BCUT2D eigenvalue weighted by atomic mass is 10.1. The molecule has 0 heterocycles. The molecule has 0 aromatic heterocycles. The fourth-order valence-electron chi connectivity index (χ4n) is 1.51. The number of carboxylic acid groups (broad SMARTS) is 1. The second-order valence-corrected chi connectivity index (χ2v) is 5.13. The molecule has 110 valence electrons. The number of nitro benzene ring substituents is 1. The first-order chi connectivity index (χ1) is 9.56. The van der Waals surface area contributed by atoms with Gasteiger partial charge in [-0.05, 0) is 18.2 Å². The molecule has 0 fully saturated rings. The summed E-state index contributed by atoms with van der Waals surface area (Å²) < 4.78 is 0. The van der Waals surface area contributed by atoms with Gasteiger partial charge in [0.25, 0.3) is 5.69 Å². The lowest BCUT2D eigenvalue weighted by Crippen LogP contribution is -2.10. The number of anilines is 1. The smallest absolute Gasteiger partial charge is 0.337 e. The Balaban J connectivity index is 2.63. The topological polar surface area (TPSA) is 113 Å². The molecule has 0 atom stereocenters. The van der Waals surface area contributed by atoms with Crippen LogP contribution in [0.25, 0.3) is 0 Å². The summed E-state index contributed by atoms with van der Waals surface area (Å²) in [7, 11) is 0. The van der Waals surface area contributed by atoms with Gasteiger partial charge in [0, 0.05) is 31.0 Å². The average Bonchev–Trinajstić information content (AvgIpc) is 2.42. The number of rotatable bonds is 9. The van der Waals surface area contributed by atoms with E-state index in [1.54, 1.807) is 11.8 Å². The number of benzene rings is 1. The van der Waals surface area contributed by atoms with Gasteiger partial charge in [0.15, 0.2) is 0 Å². The Morgan fingerprint density at radius 1 is 1.40 bits per heavy atom. The molecule has 8 heteroatoms. The van der Waals surface area contributed by atoms with Gasteiger partial charge in [0.2, 0.25) is 0 Å². The van der Waals surface area contributed by atoms with Gasteiger partial charge in [-0.25, -0.2) is 4.79 Å². The summed E-state index contributed by atoms with van der Waals surface area (Å²) in [6, 6.07) is 3.62.